The van der Waals surface area contributed by atoms with E-state index in [9.17, 15) is 14.7 Å². The zero-order valence-electron chi connectivity index (χ0n) is 11.9. The molecule has 1 N–H and O–H groups in total. The second kappa shape index (κ2) is 6.45. The average Bonchev–Trinajstić information content (AvgIpc) is 2.49. The van der Waals surface area contributed by atoms with Crippen LogP contribution in [-0.4, -0.2) is 43.9 Å². The van der Waals surface area contributed by atoms with Crippen molar-refractivity contribution >= 4 is 17.6 Å². The van der Waals surface area contributed by atoms with Gasteiger partial charge >= 0.3 is 5.97 Å². The molecule has 0 spiro atoms. The highest BCUT2D eigenvalue weighted by molar-refractivity contribution is 6.02. The molecule has 0 radical (unpaired) electrons. The third-order valence-electron chi connectivity index (χ3n) is 3.02. The predicted octanol–water partition coefficient (Wildman–Crippen LogP) is 0.476. The van der Waals surface area contributed by atoms with Crippen molar-refractivity contribution in [1.29, 1.82) is 0 Å². The first-order valence-electron chi connectivity index (χ1n) is 6.51. The number of anilines is 1. The Morgan fingerprint density at radius 1 is 1.48 bits per heavy atom. The van der Waals surface area contributed by atoms with Crippen LogP contribution in [0, 0.1) is 0 Å². The van der Waals surface area contributed by atoms with Crippen LogP contribution in [0.4, 0.5) is 5.69 Å². The highest BCUT2D eigenvalue weighted by Gasteiger charge is 2.30. The van der Waals surface area contributed by atoms with Gasteiger partial charge in [-0.25, -0.2) is 0 Å². The van der Waals surface area contributed by atoms with Crippen LogP contribution in [0.5, 0.6) is 11.5 Å². The van der Waals surface area contributed by atoms with Gasteiger partial charge in [-0.1, -0.05) is 0 Å². The van der Waals surface area contributed by atoms with Crippen LogP contribution in [-0.2, 0) is 20.9 Å². The second-order valence-corrected chi connectivity index (χ2v) is 4.38. The second-order valence-electron chi connectivity index (χ2n) is 4.38. The highest BCUT2D eigenvalue weighted by atomic mass is 16.5. The Balaban J connectivity index is 2.47. The lowest BCUT2D eigenvalue weighted by atomic mass is 10.1. The average molecular weight is 295 g/mol. The molecule has 1 aromatic rings. The highest BCUT2D eigenvalue weighted by Crippen LogP contribution is 2.41. The number of hydrogen-bond donors (Lipinski definition) is 1. The van der Waals surface area contributed by atoms with Crippen molar-refractivity contribution in [2.45, 2.75) is 13.5 Å². The molecule has 1 heterocycles. The fraction of sp³-hybridized carbons (Fsp3) is 0.429. The molecule has 0 fully saturated rings. The van der Waals surface area contributed by atoms with Crippen molar-refractivity contribution in [1.82, 2.24) is 0 Å². The maximum atomic E-state index is 12.0. The molecule has 7 heteroatoms. The fourth-order valence-corrected chi connectivity index (χ4v) is 2.06. The van der Waals surface area contributed by atoms with Gasteiger partial charge in [-0.05, 0) is 24.6 Å². The topological polar surface area (TPSA) is 85.3 Å². The summed E-state index contributed by atoms with van der Waals surface area (Å²) in [5.41, 5.74) is 0.956. The van der Waals surface area contributed by atoms with E-state index in [1.807, 2.05) is 6.92 Å². The molecule has 1 aromatic carbocycles. The van der Waals surface area contributed by atoms with Crippen LogP contribution >= 0.6 is 0 Å². The monoisotopic (exact) mass is 295 g/mol. The Morgan fingerprint density at radius 2 is 2.24 bits per heavy atom. The zero-order valence-corrected chi connectivity index (χ0v) is 11.9. The normalized spacial score (nSPS) is 13.5. The molecule has 114 valence electrons. The Morgan fingerprint density at radius 3 is 2.86 bits per heavy atom. The number of hydrogen-bond acceptors (Lipinski definition) is 6. The summed E-state index contributed by atoms with van der Waals surface area (Å²) in [4.78, 5) is 24.7. The van der Waals surface area contributed by atoms with Crippen molar-refractivity contribution in [3.8, 4) is 11.5 Å². The Kier molecular flexibility index (Phi) is 4.64. The van der Waals surface area contributed by atoms with E-state index in [-0.39, 0.29) is 25.7 Å². The minimum Gasteiger partial charge on any atom is -0.490 e. The minimum atomic E-state index is -0.538. The van der Waals surface area contributed by atoms with Crippen LogP contribution in [0.15, 0.2) is 12.1 Å². The molecule has 0 saturated heterocycles. The van der Waals surface area contributed by atoms with Crippen LogP contribution < -0.4 is 14.4 Å². The Hall–Kier alpha value is -2.28. The van der Waals surface area contributed by atoms with Crippen LogP contribution in [0.3, 0.4) is 0 Å². The number of esters is 1. The number of carbonyl (C=O) groups excluding carboxylic acids is 2. The molecule has 1 aliphatic rings. The van der Waals surface area contributed by atoms with E-state index < -0.39 is 5.97 Å². The number of methoxy groups -OCH3 is 1. The van der Waals surface area contributed by atoms with Gasteiger partial charge in [0.1, 0.15) is 6.54 Å². The standard InChI is InChI=1S/C14H17NO6/c1-3-20-11-5-9(7-16)4-10-14(11)21-8-12(17)15(10)6-13(18)19-2/h4-5,16H,3,6-8H2,1-2H3. The van der Waals surface area contributed by atoms with Crippen LogP contribution in [0.2, 0.25) is 0 Å². The molecule has 21 heavy (non-hydrogen) atoms. The van der Waals surface area contributed by atoms with E-state index in [2.05, 4.69) is 4.74 Å². The first-order chi connectivity index (χ1) is 10.1. The molecule has 0 aliphatic carbocycles. The van der Waals surface area contributed by atoms with E-state index in [4.69, 9.17) is 9.47 Å². The van der Waals surface area contributed by atoms with Gasteiger partial charge in [0.2, 0.25) is 0 Å². The lowest BCUT2D eigenvalue weighted by Gasteiger charge is -2.30. The number of nitrogens with zero attached hydrogens (tertiary/aromatic N) is 1. The number of carbonyl (C=O) groups is 2. The number of benzene rings is 1. The van der Waals surface area contributed by atoms with E-state index in [0.29, 0.717) is 29.4 Å². The minimum absolute atomic E-state index is 0.178. The molecule has 2 rings (SSSR count). The van der Waals surface area contributed by atoms with Crippen molar-refractivity contribution < 1.29 is 28.9 Å². The molecule has 0 atom stereocenters. The molecule has 1 aliphatic heterocycles. The van der Waals surface area contributed by atoms with Gasteiger partial charge in [-0.2, -0.15) is 0 Å². The van der Waals surface area contributed by atoms with Gasteiger partial charge < -0.3 is 19.3 Å². The summed E-state index contributed by atoms with van der Waals surface area (Å²) in [5, 5.41) is 9.32. The number of fused-ring (bicyclic) bond motifs is 1. The zero-order chi connectivity index (χ0) is 15.4. The van der Waals surface area contributed by atoms with E-state index in [0.717, 1.165) is 0 Å². The van der Waals surface area contributed by atoms with Gasteiger partial charge in [0.05, 0.1) is 26.0 Å². The summed E-state index contributed by atoms with van der Waals surface area (Å²) >= 11 is 0. The van der Waals surface area contributed by atoms with Crippen molar-refractivity contribution in [2.24, 2.45) is 0 Å². The van der Waals surface area contributed by atoms with Crippen molar-refractivity contribution in [3.05, 3.63) is 17.7 Å². The number of aliphatic hydroxyl groups is 1. The van der Waals surface area contributed by atoms with Crippen LogP contribution in [0.25, 0.3) is 0 Å². The largest absolute Gasteiger partial charge is 0.490 e. The maximum Gasteiger partial charge on any atom is 0.325 e. The third kappa shape index (κ3) is 3.08. The predicted molar refractivity (Wildman–Crippen MR) is 73.4 cm³/mol. The van der Waals surface area contributed by atoms with Crippen molar-refractivity contribution in [3.63, 3.8) is 0 Å². The quantitative estimate of drug-likeness (QED) is 0.795. The smallest absolute Gasteiger partial charge is 0.325 e. The molecule has 0 bridgehead atoms. The summed E-state index contributed by atoms with van der Waals surface area (Å²) in [5.74, 6) is -0.0760. The summed E-state index contributed by atoms with van der Waals surface area (Å²) in [7, 11) is 1.25. The summed E-state index contributed by atoms with van der Waals surface area (Å²) in [6, 6.07) is 3.24. The summed E-state index contributed by atoms with van der Waals surface area (Å²) < 4.78 is 15.5. The lowest BCUT2D eigenvalue weighted by Crippen LogP contribution is -2.42. The Labute approximate surface area is 122 Å². The van der Waals surface area contributed by atoms with Gasteiger partial charge in [0.25, 0.3) is 5.91 Å². The molecule has 0 aromatic heterocycles. The van der Waals surface area contributed by atoms with Gasteiger partial charge in [-0.3, -0.25) is 14.5 Å². The molecule has 0 unspecified atom stereocenters. The maximum absolute atomic E-state index is 12.0. The Bertz CT molecular complexity index is 557. The third-order valence-corrected chi connectivity index (χ3v) is 3.02. The van der Waals surface area contributed by atoms with Gasteiger partial charge in [-0.15, -0.1) is 0 Å². The van der Waals surface area contributed by atoms with E-state index >= 15 is 0 Å². The van der Waals surface area contributed by atoms with Crippen molar-refractivity contribution in [2.75, 3.05) is 31.8 Å². The molecule has 1 amide bonds. The first kappa shape index (κ1) is 15.1. The molecule has 7 nitrogen and oxygen atoms in total. The number of rotatable bonds is 5. The number of aliphatic hydroxyl groups excluding tert-OH is 1. The SMILES string of the molecule is CCOc1cc(CO)cc2c1OCC(=O)N2CC(=O)OC. The molecule has 0 saturated carbocycles. The first-order valence-corrected chi connectivity index (χ1v) is 6.51. The van der Waals surface area contributed by atoms with E-state index in [1.165, 1.54) is 12.0 Å². The summed E-state index contributed by atoms with van der Waals surface area (Å²) in [6.45, 7) is 1.62. The summed E-state index contributed by atoms with van der Waals surface area (Å²) in [6.07, 6.45) is 0. The van der Waals surface area contributed by atoms with Gasteiger partial charge in [0, 0.05) is 0 Å². The number of ether oxygens (including phenoxy) is 3. The van der Waals surface area contributed by atoms with Gasteiger partial charge in [0.15, 0.2) is 18.1 Å². The van der Waals surface area contributed by atoms with Crippen LogP contribution in [0.1, 0.15) is 12.5 Å². The van der Waals surface area contributed by atoms with E-state index in [1.54, 1.807) is 12.1 Å². The lowest BCUT2D eigenvalue weighted by molar-refractivity contribution is -0.140. The molecular weight excluding hydrogens is 278 g/mol. The fourth-order valence-electron chi connectivity index (χ4n) is 2.06. The molecular formula is C14H17NO6. The number of amides is 1.